The van der Waals surface area contributed by atoms with Crippen molar-refractivity contribution in [1.82, 2.24) is 5.32 Å². The van der Waals surface area contributed by atoms with Gasteiger partial charge in [0.15, 0.2) is 0 Å². The van der Waals surface area contributed by atoms with Crippen molar-refractivity contribution in [1.29, 1.82) is 0 Å². The van der Waals surface area contributed by atoms with Crippen molar-refractivity contribution in [2.24, 2.45) is 0 Å². The van der Waals surface area contributed by atoms with Crippen LogP contribution in [0.3, 0.4) is 0 Å². The maximum atomic E-state index is 11.7. The Hall–Kier alpha value is -1.35. The van der Waals surface area contributed by atoms with E-state index in [4.69, 9.17) is 4.74 Å². The number of hydrogen-bond acceptors (Lipinski definition) is 2. The predicted octanol–water partition coefficient (Wildman–Crippen LogP) is 2.69. The maximum Gasteiger partial charge on any atom is 0.222 e. The second-order valence-corrected chi connectivity index (χ2v) is 5.13. The SMILES string of the molecule is O=C(CC1CCCCO1)NCCCc1ccccc1. The first-order valence-corrected chi connectivity index (χ1v) is 7.27. The van der Waals surface area contributed by atoms with Crippen LogP contribution >= 0.6 is 0 Å². The number of nitrogens with one attached hydrogen (secondary N) is 1. The van der Waals surface area contributed by atoms with Crippen molar-refractivity contribution in [3.05, 3.63) is 35.9 Å². The van der Waals surface area contributed by atoms with Crippen molar-refractivity contribution >= 4 is 5.91 Å². The topological polar surface area (TPSA) is 38.3 Å². The highest BCUT2D eigenvalue weighted by Crippen LogP contribution is 2.15. The van der Waals surface area contributed by atoms with Gasteiger partial charge in [-0.05, 0) is 37.7 Å². The molecule has 0 spiro atoms. The number of aryl methyl sites for hydroxylation is 1. The standard InChI is InChI=1S/C16H23NO2/c18-16(13-15-10-4-5-12-19-15)17-11-6-9-14-7-2-1-3-8-14/h1-3,7-8,15H,4-6,9-13H2,(H,17,18). The number of carbonyl (C=O) groups is 1. The Bertz CT molecular complexity index is 372. The smallest absolute Gasteiger partial charge is 0.222 e. The van der Waals surface area contributed by atoms with Gasteiger partial charge in [-0.15, -0.1) is 0 Å². The van der Waals surface area contributed by atoms with Gasteiger partial charge < -0.3 is 10.1 Å². The van der Waals surface area contributed by atoms with Crippen molar-refractivity contribution in [3.8, 4) is 0 Å². The molecule has 0 radical (unpaired) electrons. The van der Waals surface area contributed by atoms with E-state index in [0.717, 1.165) is 38.8 Å². The highest BCUT2D eigenvalue weighted by atomic mass is 16.5. The van der Waals surface area contributed by atoms with Crippen LogP contribution in [-0.2, 0) is 16.0 Å². The molecule has 3 nitrogen and oxygen atoms in total. The third-order valence-electron chi connectivity index (χ3n) is 3.49. The van der Waals surface area contributed by atoms with Crippen LogP contribution < -0.4 is 5.32 Å². The van der Waals surface area contributed by atoms with Gasteiger partial charge in [0.2, 0.25) is 5.91 Å². The van der Waals surface area contributed by atoms with Gasteiger partial charge in [-0.1, -0.05) is 30.3 Å². The zero-order valence-electron chi connectivity index (χ0n) is 11.4. The fraction of sp³-hybridized carbons (Fsp3) is 0.562. The van der Waals surface area contributed by atoms with Crippen molar-refractivity contribution in [3.63, 3.8) is 0 Å². The average molecular weight is 261 g/mol. The number of hydrogen-bond donors (Lipinski definition) is 1. The molecule has 1 unspecified atom stereocenters. The van der Waals surface area contributed by atoms with Crippen molar-refractivity contribution in [2.45, 2.75) is 44.6 Å². The number of ether oxygens (including phenoxy) is 1. The normalized spacial score (nSPS) is 19.1. The van der Waals surface area contributed by atoms with Gasteiger partial charge in [0, 0.05) is 13.2 Å². The summed E-state index contributed by atoms with van der Waals surface area (Å²) in [5.74, 6) is 0.125. The summed E-state index contributed by atoms with van der Waals surface area (Å²) in [5.41, 5.74) is 1.33. The molecule has 1 N–H and O–H groups in total. The highest BCUT2D eigenvalue weighted by Gasteiger charge is 2.16. The van der Waals surface area contributed by atoms with Gasteiger partial charge in [0.25, 0.3) is 0 Å². The molecule has 3 heteroatoms. The van der Waals surface area contributed by atoms with Gasteiger partial charge in [0.1, 0.15) is 0 Å². The maximum absolute atomic E-state index is 11.7. The molecule has 1 heterocycles. The van der Waals surface area contributed by atoms with Gasteiger partial charge in [-0.2, -0.15) is 0 Å². The molecule has 0 aliphatic carbocycles. The summed E-state index contributed by atoms with van der Waals surface area (Å²) < 4.78 is 5.56. The highest BCUT2D eigenvalue weighted by molar-refractivity contribution is 5.76. The van der Waals surface area contributed by atoms with Gasteiger partial charge >= 0.3 is 0 Å². The van der Waals surface area contributed by atoms with Crippen LogP contribution in [0.2, 0.25) is 0 Å². The minimum Gasteiger partial charge on any atom is -0.378 e. The van der Waals surface area contributed by atoms with Crippen LogP contribution in [0.25, 0.3) is 0 Å². The molecule has 1 saturated heterocycles. The molecule has 0 aromatic heterocycles. The number of benzene rings is 1. The lowest BCUT2D eigenvalue weighted by Crippen LogP contribution is -2.31. The molecule has 19 heavy (non-hydrogen) atoms. The summed E-state index contributed by atoms with van der Waals surface area (Å²) in [6, 6.07) is 10.4. The van der Waals surface area contributed by atoms with Gasteiger partial charge in [-0.25, -0.2) is 0 Å². The van der Waals surface area contributed by atoms with Gasteiger partial charge in [0.05, 0.1) is 12.5 Å². The lowest BCUT2D eigenvalue weighted by Gasteiger charge is -2.21. The average Bonchev–Trinajstić information content (AvgIpc) is 2.46. The molecular weight excluding hydrogens is 238 g/mol. The lowest BCUT2D eigenvalue weighted by molar-refractivity contribution is -0.124. The van der Waals surface area contributed by atoms with Crippen LogP contribution in [0, 0.1) is 0 Å². The number of carbonyl (C=O) groups excluding carboxylic acids is 1. The zero-order valence-corrected chi connectivity index (χ0v) is 11.4. The third-order valence-corrected chi connectivity index (χ3v) is 3.49. The molecule has 104 valence electrons. The molecule has 1 aromatic rings. The fourth-order valence-corrected chi connectivity index (χ4v) is 2.41. The Labute approximate surface area is 115 Å². The second kappa shape index (κ2) is 7.95. The first kappa shape index (κ1) is 14.1. The Balaban J connectivity index is 1.56. The van der Waals surface area contributed by atoms with Crippen molar-refractivity contribution < 1.29 is 9.53 Å². The molecule has 2 rings (SSSR count). The third kappa shape index (κ3) is 5.43. The van der Waals surface area contributed by atoms with Crippen molar-refractivity contribution in [2.75, 3.05) is 13.2 Å². The summed E-state index contributed by atoms with van der Waals surface area (Å²) in [5, 5.41) is 2.98. The summed E-state index contributed by atoms with van der Waals surface area (Å²) in [6.07, 6.45) is 6.01. The van der Waals surface area contributed by atoms with Crippen LogP contribution in [0.4, 0.5) is 0 Å². The van der Waals surface area contributed by atoms with Crippen LogP contribution in [0.5, 0.6) is 0 Å². The van der Waals surface area contributed by atoms with E-state index in [1.807, 2.05) is 18.2 Å². The quantitative estimate of drug-likeness (QED) is 0.800. The zero-order chi connectivity index (χ0) is 13.3. The number of rotatable bonds is 6. The summed E-state index contributed by atoms with van der Waals surface area (Å²) in [4.78, 5) is 11.7. The first-order chi connectivity index (χ1) is 9.34. The molecule has 0 saturated carbocycles. The minimum atomic E-state index is 0.125. The molecule has 1 aliphatic rings. The second-order valence-electron chi connectivity index (χ2n) is 5.13. The Morgan fingerprint density at radius 3 is 2.84 bits per heavy atom. The van der Waals surface area contributed by atoms with E-state index in [1.165, 1.54) is 12.0 Å². The fourth-order valence-electron chi connectivity index (χ4n) is 2.41. The largest absolute Gasteiger partial charge is 0.378 e. The first-order valence-electron chi connectivity index (χ1n) is 7.27. The van der Waals surface area contributed by atoms with Crippen LogP contribution in [-0.4, -0.2) is 25.2 Å². The van der Waals surface area contributed by atoms with E-state index < -0.39 is 0 Å². The minimum absolute atomic E-state index is 0.125. The van der Waals surface area contributed by atoms with E-state index in [1.54, 1.807) is 0 Å². The summed E-state index contributed by atoms with van der Waals surface area (Å²) in [6.45, 7) is 1.56. The molecule has 1 atom stereocenters. The van der Waals surface area contributed by atoms with E-state index >= 15 is 0 Å². The van der Waals surface area contributed by atoms with E-state index in [-0.39, 0.29) is 12.0 Å². The Kier molecular flexibility index (Phi) is 5.89. The molecule has 1 fully saturated rings. The predicted molar refractivity (Wildman–Crippen MR) is 76.0 cm³/mol. The van der Waals surface area contributed by atoms with Crippen LogP contribution in [0.15, 0.2) is 30.3 Å². The molecule has 0 bridgehead atoms. The Morgan fingerprint density at radius 2 is 2.11 bits per heavy atom. The van der Waals surface area contributed by atoms with E-state index in [9.17, 15) is 4.79 Å². The van der Waals surface area contributed by atoms with E-state index in [2.05, 4.69) is 17.4 Å². The Morgan fingerprint density at radius 1 is 1.26 bits per heavy atom. The number of amides is 1. The molecule has 1 aromatic carbocycles. The monoisotopic (exact) mass is 261 g/mol. The van der Waals surface area contributed by atoms with E-state index in [0.29, 0.717) is 6.42 Å². The summed E-state index contributed by atoms with van der Waals surface area (Å²) in [7, 11) is 0. The summed E-state index contributed by atoms with van der Waals surface area (Å²) >= 11 is 0. The molecular formula is C16H23NO2. The van der Waals surface area contributed by atoms with Crippen LogP contribution in [0.1, 0.15) is 37.7 Å². The molecule has 1 amide bonds. The molecule has 1 aliphatic heterocycles. The van der Waals surface area contributed by atoms with Gasteiger partial charge in [-0.3, -0.25) is 4.79 Å². The lowest BCUT2D eigenvalue weighted by atomic mass is 10.1.